The fourth-order valence-corrected chi connectivity index (χ4v) is 0.508. The molecular formula is C7H12F2O3. The highest BCUT2D eigenvalue weighted by Crippen LogP contribution is 2.13. The van der Waals surface area contributed by atoms with Gasteiger partial charge in [-0.25, -0.2) is 4.79 Å². The van der Waals surface area contributed by atoms with Crippen LogP contribution in [0.15, 0.2) is 0 Å². The van der Waals surface area contributed by atoms with E-state index in [-0.39, 0.29) is 6.61 Å². The standard InChI is InChI=1S/C7H12F2O3/c1-2-3-4-12-5-7(8,9)6(10)11/h2-5H2,1H3,(H,10,11). The normalized spacial score (nSPS) is 11.6. The average Bonchev–Trinajstić information content (AvgIpc) is 1.98. The average molecular weight is 182 g/mol. The number of hydrogen-bond donors (Lipinski definition) is 1. The van der Waals surface area contributed by atoms with Crippen molar-refractivity contribution in [3.05, 3.63) is 0 Å². The van der Waals surface area contributed by atoms with Gasteiger partial charge in [0.15, 0.2) is 0 Å². The van der Waals surface area contributed by atoms with E-state index in [0.717, 1.165) is 6.42 Å². The quantitative estimate of drug-likeness (QED) is 0.633. The minimum atomic E-state index is -3.76. The second kappa shape index (κ2) is 5.03. The molecule has 0 rings (SSSR count). The molecule has 0 heterocycles. The van der Waals surface area contributed by atoms with E-state index in [1.54, 1.807) is 0 Å². The molecule has 12 heavy (non-hydrogen) atoms. The van der Waals surface area contributed by atoms with Gasteiger partial charge in [-0.2, -0.15) is 8.78 Å². The Balaban J connectivity index is 3.54. The molecular weight excluding hydrogens is 170 g/mol. The number of carbonyl (C=O) groups is 1. The molecule has 0 aliphatic heterocycles. The Morgan fingerprint density at radius 3 is 2.58 bits per heavy atom. The van der Waals surface area contributed by atoms with Gasteiger partial charge in [0.2, 0.25) is 0 Å². The summed E-state index contributed by atoms with van der Waals surface area (Å²) in [6.45, 7) is 1.03. The second-order valence-electron chi connectivity index (χ2n) is 2.42. The summed E-state index contributed by atoms with van der Waals surface area (Å²) in [6.07, 6.45) is 1.49. The van der Waals surface area contributed by atoms with Gasteiger partial charge in [0.1, 0.15) is 6.61 Å². The number of alkyl halides is 2. The van der Waals surface area contributed by atoms with Crippen LogP contribution < -0.4 is 0 Å². The molecule has 0 atom stereocenters. The molecule has 3 nitrogen and oxygen atoms in total. The Labute approximate surface area is 69.3 Å². The SMILES string of the molecule is CCCCOCC(F)(F)C(=O)O. The molecule has 0 saturated carbocycles. The van der Waals surface area contributed by atoms with Crippen LogP contribution in [-0.2, 0) is 9.53 Å². The topological polar surface area (TPSA) is 46.5 Å². The van der Waals surface area contributed by atoms with Gasteiger partial charge in [-0.05, 0) is 6.42 Å². The number of halogens is 2. The third-order valence-electron chi connectivity index (χ3n) is 1.24. The van der Waals surface area contributed by atoms with E-state index in [2.05, 4.69) is 4.74 Å². The van der Waals surface area contributed by atoms with Crippen LogP contribution in [0.1, 0.15) is 19.8 Å². The molecule has 0 aromatic rings. The van der Waals surface area contributed by atoms with Crippen molar-refractivity contribution >= 4 is 5.97 Å². The van der Waals surface area contributed by atoms with Gasteiger partial charge < -0.3 is 9.84 Å². The molecule has 72 valence electrons. The van der Waals surface area contributed by atoms with E-state index in [1.807, 2.05) is 6.92 Å². The van der Waals surface area contributed by atoms with Crippen LogP contribution in [0, 0.1) is 0 Å². The zero-order chi connectivity index (χ0) is 9.61. The predicted molar refractivity (Wildman–Crippen MR) is 38.3 cm³/mol. The van der Waals surface area contributed by atoms with Gasteiger partial charge in [0, 0.05) is 6.61 Å². The molecule has 0 aliphatic rings. The van der Waals surface area contributed by atoms with Crippen LogP contribution >= 0.6 is 0 Å². The molecule has 0 radical (unpaired) electrons. The zero-order valence-electron chi connectivity index (χ0n) is 6.85. The first-order valence-corrected chi connectivity index (χ1v) is 3.69. The molecule has 0 amide bonds. The van der Waals surface area contributed by atoms with Crippen molar-refractivity contribution in [2.24, 2.45) is 0 Å². The summed E-state index contributed by atoms with van der Waals surface area (Å²) in [5.74, 6) is -5.90. The first kappa shape index (κ1) is 11.3. The number of rotatable bonds is 6. The van der Waals surface area contributed by atoms with Gasteiger partial charge >= 0.3 is 11.9 Å². The molecule has 5 heteroatoms. The molecule has 0 unspecified atom stereocenters. The highest BCUT2D eigenvalue weighted by atomic mass is 19.3. The second-order valence-corrected chi connectivity index (χ2v) is 2.42. The maximum atomic E-state index is 12.2. The fourth-order valence-electron chi connectivity index (χ4n) is 0.508. The summed E-state index contributed by atoms with van der Waals surface area (Å²) in [6, 6.07) is 0. The van der Waals surface area contributed by atoms with Crippen molar-refractivity contribution < 1.29 is 23.4 Å². The molecule has 0 saturated heterocycles. The summed E-state index contributed by atoms with van der Waals surface area (Å²) >= 11 is 0. The van der Waals surface area contributed by atoms with Crippen LogP contribution in [-0.4, -0.2) is 30.2 Å². The van der Waals surface area contributed by atoms with Crippen molar-refractivity contribution in [1.82, 2.24) is 0 Å². The van der Waals surface area contributed by atoms with Gasteiger partial charge in [0.25, 0.3) is 0 Å². The molecule has 0 aliphatic carbocycles. The number of carboxylic acids is 1. The van der Waals surface area contributed by atoms with E-state index in [9.17, 15) is 13.6 Å². The maximum Gasteiger partial charge on any atom is 0.377 e. The Bertz CT molecular complexity index is 148. The number of unbranched alkanes of at least 4 members (excludes halogenated alkanes) is 1. The predicted octanol–water partition coefficient (Wildman–Crippen LogP) is 1.52. The third kappa shape index (κ3) is 4.23. The Morgan fingerprint density at radius 2 is 2.17 bits per heavy atom. The van der Waals surface area contributed by atoms with Crippen LogP contribution in [0.2, 0.25) is 0 Å². The lowest BCUT2D eigenvalue weighted by Crippen LogP contribution is -2.33. The van der Waals surface area contributed by atoms with E-state index in [0.29, 0.717) is 6.42 Å². The maximum absolute atomic E-state index is 12.2. The van der Waals surface area contributed by atoms with Crippen LogP contribution in [0.3, 0.4) is 0 Å². The van der Waals surface area contributed by atoms with Crippen molar-refractivity contribution in [3.8, 4) is 0 Å². The zero-order valence-corrected chi connectivity index (χ0v) is 6.85. The number of hydrogen-bond acceptors (Lipinski definition) is 2. The Morgan fingerprint density at radius 1 is 1.58 bits per heavy atom. The molecule has 0 aromatic carbocycles. The van der Waals surface area contributed by atoms with Crippen molar-refractivity contribution in [2.45, 2.75) is 25.7 Å². The smallest absolute Gasteiger partial charge is 0.377 e. The Kier molecular flexibility index (Phi) is 4.73. The van der Waals surface area contributed by atoms with Crippen molar-refractivity contribution in [3.63, 3.8) is 0 Å². The van der Waals surface area contributed by atoms with Crippen molar-refractivity contribution in [1.29, 1.82) is 0 Å². The highest BCUT2D eigenvalue weighted by molar-refractivity contribution is 5.75. The summed E-state index contributed by atoms with van der Waals surface area (Å²) in [7, 11) is 0. The van der Waals surface area contributed by atoms with Gasteiger partial charge in [-0.15, -0.1) is 0 Å². The third-order valence-corrected chi connectivity index (χ3v) is 1.24. The summed E-state index contributed by atoms with van der Waals surface area (Å²) < 4.78 is 29.0. The van der Waals surface area contributed by atoms with E-state index in [1.165, 1.54) is 0 Å². The van der Waals surface area contributed by atoms with Crippen LogP contribution in [0.25, 0.3) is 0 Å². The largest absolute Gasteiger partial charge is 0.477 e. The van der Waals surface area contributed by atoms with Crippen molar-refractivity contribution in [2.75, 3.05) is 13.2 Å². The molecule has 0 bridgehead atoms. The molecule has 0 fully saturated rings. The van der Waals surface area contributed by atoms with E-state index >= 15 is 0 Å². The minimum absolute atomic E-state index is 0.180. The molecule has 0 spiro atoms. The molecule has 0 aromatic heterocycles. The van der Waals surface area contributed by atoms with Crippen LogP contribution in [0.5, 0.6) is 0 Å². The van der Waals surface area contributed by atoms with E-state index in [4.69, 9.17) is 5.11 Å². The number of carboxylic acid groups (broad SMARTS) is 1. The summed E-state index contributed by atoms with van der Waals surface area (Å²) in [5, 5.41) is 7.97. The highest BCUT2D eigenvalue weighted by Gasteiger charge is 2.38. The first-order chi connectivity index (χ1) is 5.50. The summed E-state index contributed by atoms with van der Waals surface area (Å²) in [5.41, 5.74) is 0. The Hall–Kier alpha value is -0.710. The van der Waals surface area contributed by atoms with E-state index < -0.39 is 18.5 Å². The van der Waals surface area contributed by atoms with Gasteiger partial charge in [0.05, 0.1) is 0 Å². The lowest BCUT2D eigenvalue weighted by Gasteiger charge is -2.10. The number of aliphatic carboxylic acids is 1. The van der Waals surface area contributed by atoms with Gasteiger partial charge in [-0.3, -0.25) is 0 Å². The first-order valence-electron chi connectivity index (χ1n) is 3.69. The number of ether oxygens (including phenoxy) is 1. The fraction of sp³-hybridized carbons (Fsp3) is 0.857. The monoisotopic (exact) mass is 182 g/mol. The summed E-state index contributed by atoms with van der Waals surface area (Å²) in [4.78, 5) is 9.85. The van der Waals surface area contributed by atoms with Crippen LogP contribution in [0.4, 0.5) is 8.78 Å². The molecule has 1 N–H and O–H groups in total. The lowest BCUT2D eigenvalue weighted by molar-refractivity contribution is -0.173. The minimum Gasteiger partial charge on any atom is -0.477 e. The van der Waals surface area contributed by atoms with Gasteiger partial charge in [-0.1, -0.05) is 13.3 Å². The lowest BCUT2D eigenvalue weighted by atomic mass is 10.3.